The molecule has 11 aromatic carbocycles. The van der Waals surface area contributed by atoms with Gasteiger partial charge < -0.3 is 4.57 Å². The first kappa shape index (κ1) is 38.5. The van der Waals surface area contributed by atoms with Gasteiger partial charge in [0.25, 0.3) is 0 Å². The Balaban J connectivity index is 0.942. The molecule has 67 heavy (non-hydrogen) atoms. The van der Waals surface area contributed by atoms with Gasteiger partial charge in [0.1, 0.15) is 0 Å². The van der Waals surface area contributed by atoms with Crippen molar-refractivity contribution in [2.24, 2.45) is 0 Å². The van der Waals surface area contributed by atoms with E-state index in [1.54, 1.807) is 0 Å². The first-order valence-corrected chi connectivity index (χ1v) is 22.8. The zero-order valence-electron chi connectivity index (χ0n) is 36.4. The first-order valence-electron chi connectivity index (χ1n) is 22.8. The molecule has 0 bridgehead atoms. The summed E-state index contributed by atoms with van der Waals surface area (Å²) >= 11 is 0. The van der Waals surface area contributed by atoms with Crippen LogP contribution in [-0.2, 0) is 0 Å². The van der Waals surface area contributed by atoms with Crippen molar-refractivity contribution < 1.29 is 0 Å². The monoisotopic (exact) mass is 852 g/mol. The minimum atomic E-state index is 0.615. The molecule has 0 saturated heterocycles. The molecule has 0 aliphatic rings. The molecule has 0 saturated carbocycles. The van der Waals surface area contributed by atoms with Crippen LogP contribution in [0.15, 0.2) is 243 Å². The fraction of sp³-hybridized carbons (Fsp3) is 0. The summed E-state index contributed by atoms with van der Waals surface area (Å²) in [6, 6.07) is 86.5. The van der Waals surface area contributed by atoms with Crippen LogP contribution in [0.25, 0.3) is 127 Å². The molecule has 0 N–H and O–H groups in total. The Labute approximate surface area is 387 Å². The fourth-order valence-corrected chi connectivity index (χ4v) is 10.0. The topological polar surface area (TPSA) is 43.6 Å². The maximum absolute atomic E-state index is 5.23. The van der Waals surface area contributed by atoms with E-state index in [0.717, 1.165) is 50.2 Å². The van der Waals surface area contributed by atoms with Gasteiger partial charge in [-0.2, -0.15) is 0 Å². The number of hydrogen-bond donors (Lipinski definition) is 0. The molecule has 13 aromatic rings. The highest BCUT2D eigenvalue weighted by Gasteiger charge is 2.19. The van der Waals surface area contributed by atoms with Crippen molar-refractivity contribution in [3.05, 3.63) is 243 Å². The summed E-state index contributed by atoms with van der Waals surface area (Å²) in [4.78, 5) is 15.6. The minimum absolute atomic E-state index is 0.615. The molecule has 0 spiro atoms. The van der Waals surface area contributed by atoms with Crippen molar-refractivity contribution in [2.45, 2.75) is 0 Å². The van der Waals surface area contributed by atoms with E-state index >= 15 is 0 Å². The quantitative estimate of drug-likeness (QED) is 0.118. The lowest BCUT2D eigenvalue weighted by Gasteiger charge is -2.15. The van der Waals surface area contributed by atoms with Crippen LogP contribution < -0.4 is 0 Å². The van der Waals surface area contributed by atoms with Crippen molar-refractivity contribution in [1.29, 1.82) is 0 Å². The molecule has 0 atom stereocenters. The van der Waals surface area contributed by atoms with Gasteiger partial charge in [-0.25, -0.2) is 15.0 Å². The van der Waals surface area contributed by atoms with E-state index in [1.165, 1.54) is 59.7 Å². The normalized spacial score (nSPS) is 11.6. The number of benzene rings is 11. The molecule has 0 aliphatic carbocycles. The third kappa shape index (κ3) is 6.65. The molecule has 312 valence electrons. The maximum Gasteiger partial charge on any atom is 0.164 e. The predicted molar refractivity (Wildman–Crippen MR) is 279 cm³/mol. The molecule has 0 amide bonds. The average molecular weight is 853 g/mol. The summed E-state index contributed by atoms with van der Waals surface area (Å²) in [6.07, 6.45) is 0. The standard InChI is InChI=1S/C63H40N4/c1-3-15-41(16-4-1)47-19-13-20-49(39-47)63-65-61(45-33-29-43(30-34-45)53-26-14-27-56-54-25-11-12-28-58(54)67(60(53)56)50-21-5-2-6-22-50)64-62(66-63)46-35-31-44(32-36-46)59-52-24-10-8-18-48(52)40-57-51-23-9-7-17-42(51)37-38-55(57)59/h1-40H. The Kier molecular flexibility index (Phi) is 9.14. The largest absolute Gasteiger partial charge is 0.309 e. The summed E-state index contributed by atoms with van der Waals surface area (Å²) in [5, 5.41) is 9.87. The SMILES string of the molecule is c1ccc(-c2cccc(-c3nc(-c4ccc(-c5c6ccccc6cc6c5ccc5ccccc56)cc4)nc(-c4ccc(-c5cccc6c7ccccc7n(-c7ccccc7)c56)cc4)n3)c2)cc1. The van der Waals surface area contributed by atoms with E-state index in [1.807, 2.05) is 6.07 Å². The molecular weight excluding hydrogens is 813 g/mol. The minimum Gasteiger partial charge on any atom is -0.309 e. The average Bonchev–Trinajstić information content (AvgIpc) is 3.75. The zero-order valence-corrected chi connectivity index (χ0v) is 36.4. The van der Waals surface area contributed by atoms with Gasteiger partial charge in [-0.3, -0.25) is 0 Å². The Bertz CT molecular complexity index is 4010. The lowest BCUT2D eigenvalue weighted by Crippen LogP contribution is -2.00. The summed E-state index contributed by atoms with van der Waals surface area (Å²) in [5.74, 6) is 1.85. The number of nitrogens with zero attached hydrogens (tertiary/aromatic N) is 4. The van der Waals surface area contributed by atoms with E-state index in [2.05, 4.69) is 241 Å². The van der Waals surface area contributed by atoms with Gasteiger partial charge in [-0.05, 0) is 90.5 Å². The second kappa shape index (κ2) is 15.9. The third-order valence-electron chi connectivity index (χ3n) is 13.2. The van der Waals surface area contributed by atoms with Crippen LogP contribution in [0, 0.1) is 0 Å². The Morgan fingerprint density at radius 1 is 0.269 bits per heavy atom. The molecule has 2 heterocycles. The lowest BCUT2D eigenvalue weighted by molar-refractivity contribution is 1.07. The second-order valence-corrected chi connectivity index (χ2v) is 17.2. The molecule has 2 aromatic heterocycles. The van der Waals surface area contributed by atoms with Crippen LogP contribution in [0.1, 0.15) is 0 Å². The van der Waals surface area contributed by atoms with Crippen molar-refractivity contribution >= 4 is 54.1 Å². The van der Waals surface area contributed by atoms with Gasteiger partial charge in [-0.15, -0.1) is 0 Å². The zero-order chi connectivity index (χ0) is 44.3. The molecule has 0 aliphatic heterocycles. The summed E-state index contributed by atoms with van der Waals surface area (Å²) in [6.45, 7) is 0. The highest BCUT2D eigenvalue weighted by atomic mass is 15.0. The van der Waals surface area contributed by atoms with Crippen molar-refractivity contribution in [3.8, 4) is 73.2 Å². The fourth-order valence-electron chi connectivity index (χ4n) is 10.0. The lowest BCUT2D eigenvalue weighted by atomic mass is 9.89. The van der Waals surface area contributed by atoms with Gasteiger partial charge in [0.2, 0.25) is 0 Å². The van der Waals surface area contributed by atoms with Crippen LogP contribution in [0.4, 0.5) is 0 Å². The van der Waals surface area contributed by atoms with Gasteiger partial charge in [0, 0.05) is 38.7 Å². The molecule has 4 nitrogen and oxygen atoms in total. The molecule has 4 heteroatoms. The Morgan fingerprint density at radius 3 is 1.55 bits per heavy atom. The Morgan fingerprint density at radius 2 is 0.806 bits per heavy atom. The maximum atomic E-state index is 5.23. The van der Waals surface area contributed by atoms with Crippen LogP contribution in [-0.4, -0.2) is 19.5 Å². The summed E-state index contributed by atoms with van der Waals surface area (Å²) < 4.78 is 2.39. The molecule has 0 fully saturated rings. The van der Waals surface area contributed by atoms with E-state index in [-0.39, 0.29) is 0 Å². The highest BCUT2D eigenvalue weighted by molar-refractivity contribution is 6.20. The van der Waals surface area contributed by atoms with Crippen LogP contribution in [0.2, 0.25) is 0 Å². The summed E-state index contributed by atoms with van der Waals surface area (Å²) in [5.41, 5.74) is 13.1. The van der Waals surface area contributed by atoms with Crippen molar-refractivity contribution in [1.82, 2.24) is 19.5 Å². The van der Waals surface area contributed by atoms with Crippen molar-refractivity contribution in [2.75, 3.05) is 0 Å². The smallest absolute Gasteiger partial charge is 0.164 e. The van der Waals surface area contributed by atoms with E-state index in [9.17, 15) is 0 Å². The van der Waals surface area contributed by atoms with Gasteiger partial charge in [-0.1, -0.05) is 212 Å². The molecule has 0 radical (unpaired) electrons. The van der Waals surface area contributed by atoms with Crippen LogP contribution in [0.3, 0.4) is 0 Å². The number of para-hydroxylation sites is 3. The van der Waals surface area contributed by atoms with Gasteiger partial charge in [0.05, 0.1) is 11.0 Å². The third-order valence-corrected chi connectivity index (χ3v) is 13.2. The molecule has 13 rings (SSSR count). The van der Waals surface area contributed by atoms with Crippen molar-refractivity contribution in [3.63, 3.8) is 0 Å². The van der Waals surface area contributed by atoms with Gasteiger partial charge >= 0.3 is 0 Å². The number of fused-ring (bicyclic) bond motifs is 7. The van der Waals surface area contributed by atoms with Crippen LogP contribution >= 0.6 is 0 Å². The molecule has 0 unspecified atom stereocenters. The second-order valence-electron chi connectivity index (χ2n) is 17.2. The van der Waals surface area contributed by atoms with E-state index in [0.29, 0.717) is 17.5 Å². The summed E-state index contributed by atoms with van der Waals surface area (Å²) in [7, 11) is 0. The number of aromatic nitrogens is 4. The van der Waals surface area contributed by atoms with E-state index in [4.69, 9.17) is 15.0 Å². The van der Waals surface area contributed by atoms with Crippen LogP contribution in [0.5, 0.6) is 0 Å². The highest BCUT2D eigenvalue weighted by Crippen LogP contribution is 2.41. The molecular formula is C63H40N4. The first-order chi connectivity index (χ1) is 33.2. The van der Waals surface area contributed by atoms with E-state index < -0.39 is 0 Å². The number of rotatable bonds is 7. The predicted octanol–water partition coefficient (Wildman–Crippen LogP) is 16.4. The Hall–Kier alpha value is -8.99. The van der Waals surface area contributed by atoms with Gasteiger partial charge in [0.15, 0.2) is 17.5 Å². The number of hydrogen-bond acceptors (Lipinski definition) is 3.